The van der Waals surface area contributed by atoms with Gasteiger partial charge in [0.1, 0.15) is 6.61 Å². The average molecular weight is 326 g/mol. The van der Waals surface area contributed by atoms with Crippen LogP contribution in [0.5, 0.6) is 11.6 Å². The highest BCUT2D eigenvalue weighted by molar-refractivity contribution is 9.08. The summed E-state index contributed by atoms with van der Waals surface area (Å²) in [6.45, 7) is 0.193. The van der Waals surface area contributed by atoms with Crippen molar-refractivity contribution in [2.24, 2.45) is 0 Å². The van der Waals surface area contributed by atoms with Crippen molar-refractivity contribution in [3.05, 3.63) is 53.5 Å². The molecule has 0 bridgehead atoms. The lowest BCUT2D eigenvalue weighted by molar-refractivity contribution is 0.281. The number of rotatable bonds is 5. The molecule has 0 amide bonds. The van der Waals surface area contributed by atoms with Crippen molar-refractivity contribution in [2.75, 3.05) is 7.11 Å². The zero-order chi connectivity index (χ0) is 13.7. The number of hydrogen-bond acceptors (Lipinski definition) is 3. The summed E-state index contributed by atoms with van der Waals surface area (Å²) >= 11 is 3.31. The minimum Gasteiger partial charge on any atom is -0.484 e. The summed E-state index contributed by atoms with van der Waals surface area (Å²) < 4.78 is 24.2. The van der Waals surface area contributed by atoms with Gasteiger partial charge in [-0.1, -0.05) is 34.1 Å². The number of ether oxygens (including phenoxy) is 2. The molecule has 0 unspecified atom stereocenters. The number of hydrogen-bond donors (Lipinski definition) is 0. The van der Waals surface area contributed by atoms with Crippen LogP contribution in [0.2, 0.25) is 0 Å². The normalized spacial score (nSPS) is 10.3. The van der Waals surface area contributed by atoms with Crippen LogP contribution in [0.3, 0.4) is 0 Å². The van der Waals surface area contributed by atoms with Crippen LogP contribution in [0.25, 0.3) is 0 Å². The van der Waals surface area contributed by atoms with E-state index in [-0.39, 0.29) is 18.2 Å². The Kier molecular flexibility index (Phi) is 4.74. The van der Waals surface area contributed by atoms with Gasteiger partial charge in [-0.2, -0.15) is 0 Å². The van der Waals surface area contributed by atoms with E-state index < -0.39 is 0 Å². The van der Waals surface area contributed by atoms with Gasteiger partial charge in [-0.25, -0.2) is 9.37 Å². The van der Waals surface area contributed by atoms with Crippen LogP contribution in [0, 0.1) is 5.82 Å². The van der Waals surface area contributed by atoms with Gasteiger partial charge >= 0.3 is 0 Å². The van der Waals surface area contributed by atoms with Crippen molar-refractivity contribution < 1.29 is 13.9 Å². The maximum absolute atomic E-state index is 13.7. The van der Waals surface area contributed by atoms with Gasteiger partial charge in [0.05, 0.1) is 12.8 Å². The standard InChI is InChI=1S/C14H13BrFNO2/c1-18-13-7-3-5-11(17-13)9-19-14-10(8-15)4-2-6-12(14)16/h2-7H,8-9H2,1H3. The lowest BCUT2D eigenvalue weighted by atomic mass is 10.2. The Morgan fingerprint density at radius 1 is 1.21 bits per heavy atom. The maximum atomic E-state index is 13.7. The Balaban J connectivity index is 2.14. The first-order valence-electron chi connectivity index (χ1n) is 5.70. The SMILES string of the molecule is COc1cccc(COc2c(F)cccc2CBr)n1. The van der Waals surface area contributed by atoms with Crippen LogP contribution >= 0.6 is 15.9 Å². The Hall–Kier alpha value is -1.62. The summed E-state index contributed by atoms with van der Waals surface area (Å²) in [5.74, 6) is 0.388. The molecule has 0 radical (unpaired) electrons. The van der Waals surface area contributed by atoms with Crippen LogP contribution in [0.1, 0.15) is 11.3 Å². The Bertz CT molecular complexity index is 563. The van der Waals surface area contributed by atoms with Gasteiger partial charge in [0, 0.05) is 17.0 Å². The summed E-state index contributed by atoms with van der Waals surface area (Å²) in [5, 5.41) is 0.533. The first kappa shape index (κ1) is 13.8. The quantitative estimate of drug-likeness (QED) is 0.785. The Labute approximate surface area is 119 Å². The number of methoxy groups -OCH3 is 1. The molecule has 19 heavy (non-hydrogen) atoms. The first-order chi connectivity index (χ1) is 9.24. The van der Waals surface area contributed by atoms with Crippen molar-refractivity contribution in [2.45, 2.75) is 11.9 Å². The highest BCUT2D eigenvalue weighted by Gasteiger charge is 2.09. The molecule has 3 nitrogen and oxygen atoms in total. The zero-order valence-corrected chi connectivity index (χ0v) is 12.0. The third kappa shape index (κ3) is 3.44. The molecule has 2 rings (SSSR count). The van der Waals surface area contributed by atoms with Gasteiger partial charge in [-0.15, -0.1) is 0 Å². The molecule has 1 aromatic carbocycles. The minimum absolute atomic E-state index is 0.193. The van der Waals surface area contributed by atoms with Gasteiger partial charge < -0.3 is 9.47 Å². The van der Waals surface area contributed by atoms with E-state index in [9.17, 15) is 4.39 Å². The highest BCUT2D eigenvalue weighted by atomic mass is 79.9. The van der Waals surface area contributed by atoms with E-state index in [0.717, 1.165) is 5.56 Å². The number of pyridine rings is 1. The fourth-order valence-corrected chi connectivity index (χ4v) is 2.06. The topological polar surface area (TPSA) is 31.4 Å². The Morgan fingerprint density at radius 2 is 2.00 bits per heavy atom. The molecule has 0 fully saturated rings. The number of alkyl halides is 1. The second-order valence-electron chi connectivity index (χ2n) is 3.82. The van der Waals surface area contributed by atoms with E-state index in [4.69, 9.17) is 9.47 Å². The summed E-state index contributed by atoms with van der Waals surface area (Å²) in [6, 6.07) is 10.2. The van der Waals surface area contributed by atoms with Crippen LogP contribution in [0.4, 0.5) is 4.39 Å². The summed E-state index contributed by atoms with van der Waals surface area (Å²) in [6.07, 6.45) is 0. The Morgan fingerprint density at radius 3 is 2.74 bits per heavy atom. The molecule has 0 saturated heterocycles. The fraction of sp³-hybridized carbons (Fsp3) is 0.214. The lowest BCUT2D eigenvalue weighted by Gasteiger charge is -2.11. The van der Waals surface area contributed by atoms with Crippen LogP contribution in [-0.4, -0.2) is 12.1 Å². The molecule has 0 spiro atoms. The molecule has 0 aliphatic heterocycles. The smallest absolute Gasteiger partial charge is 0.213 e. The summed E-state index contributed by atoms with van der Waals surface area (Å²) in [7, 11) is 1.55. The summed E-state index contributed by atoms with van der Waals surface area (Å²) in [5.41, 5.74) is 1.45. The van der Waals surface area contributed by atoms with Crippen molar-refractivity contribution in [3.8, 4) is 11.6 Å². The predicted octanol–water partition coefficient (Wildman–Crippen LogP) is 3.70. The van der Waals surface area contributed by atoms with E-state index in [2.05, 4.69) is 20.9 Å². The molecule has 2 aromatic rings. The predicted molar refractivity (Wildman–Crippen MR) is 74.2 cm³/mol. The largest absolute Gasteiger partial charge is 0.484 e. The van der Waals surface area contributed by atoms with Crippen LogP contribution < -0.4 is 9.47 Å². The molecule has 100 valence electrons. The van der Waals surface area contributed by atoms with Crippen molar-refractivity contribution in [1.82, 2.24) is 4.98 Å². The molecule has 1 aromatic heterocycles. The van der Waals surface area contributed by atoms with Gasteiger partial charge in [-0.05, 0) is 12.1 Å². The van der Waals surface area contributed by atoms with Crippen LogP contribution in [-0.2, 0) is 11.9 Å². The van der Waals surface area contributed by atoms with Gasteiger partial charge in [0.2, 0.25) is 5.88 Å². The van der Waals surface area contributed by atoms with E-state index in [1.807, 2.05) is 12.1 Å². The third-order valence-corrected chi connectivity index (χ3v) is 3.15. The third-order valence-electron chi connectivity index (χ3n) is 2.55. The van der Waals surface area contributed by atoms with Gasteiger partial charge in [-0.3, -0.25) is 0 Å². The molecule has 0 atom stereocenters. The monoisotopic (exact) mass is 325 g/mol. The molecule has 0 aliphatic carbocycles. The molecular formula is C14H13BrFNO2. The van der Waals surface area contributed by atoms with E-state index in [1.54, 1.807) is 25.3 Å². The minimum atomic E-state index is -0.375. The molecular weight excluding hydrogens is 313 g/mol. The van der Waals surface area contributed by atoms with Gasteiger partial charge in [0.15, 0.2) is 11.6 Å². The molecule has 0 aliphatic rings. The number of nitrogens with zero attached hydrogens (tertiary/aromatic N) is 1. The molecule has 0 N–H and O–H groups in total. The number of aromatic nitrogens is 1. The average Bonchev–Trinajstić information content (AvgIpc) is 2.46. The van der Waals surface area contributed by atoms with Crippen molar-refractivity contribution in [1.29, 1.82) is 0 Å². The van der Waals surface area contributed by atoms with E-state index in [1.165, 1.54) is 6.07 Å². The van der Waals surface area contributed by atoms with Gasteiger partial charge in [0.25, 0.3) is 0 Å². The second-order valence-corrected chi connectivity index (χ2v) is 4.38. The summed E-state index contributed by atoms with van der Waals surface area (Å²) in [4.78, 5) is 4.21. The maximum Gasteiger partial charge on any atom is 0.213 e. The fourth-order valence-electron chi connectivity index (χ4n) is 1.62. The zero-order valence-electron chi connectivity index (χ0n) is 10.4. The van der Waals surface area contributed by atoms with E-state index in [0.29, 0.717) is 16.9 Å². The van der Waals surface area contributed by atoms with Crippen molar-refractivity contribution in [3.63, 3.8) is 0 Å². The number of halogens is 2. The second kappa shape index (κ2) is 6.52. The van der Waals surface area contributed by atoms with E-state index >= 15 is 0 Å². The number of benzene rings is 1. The molecule has 1 heterocycles. The highest BCUT2D eigenvalue weighted by Crippen LogP contribution is 2.25. The molecule has 0 saturated carbocycles. The number of para-hydroxylation sites is 1. The first-order valence-corrected chi connectivity index (χ1v) is 6.83. The van der Waals surface area contributed by atoms with Crippen LogP contribution in [0.15, 0.2) is 36.4 Å². The lowest BCUT2D eigenvalue weighted by Crippen LogP contribution is -2.02. The van der Waals surface area contributed by atoms with Crippen molar-refractivity contribution >= 4 is 15.9 Å². The molecule has 5 heteroatoms.